The van der Waals surface area contributed by atoms with E-state index < -0.39 is 0 Å². The highest BCUT2D eigenvalue weighted by atomic mass is 79.9. The fourth-order valence-electron chi connectivity index (χ4n) is 2.90. The summed E-state index contributed by atoms with van der Waals surface area (Å²) in [6.45, 7) is 9.10. The standard InChI is InChI=1S/C22H25BrN4O2S/c1-5-27-20(12-29-19-10-14(2)6-7-15(19)3)25-26-22(27)30-13-21(28)24-17-8-9-18(23)16(4)11-17/h6-11H,5,12-13H2,1-4H3,(H,24,28). The topological polar surface area (TPSA) is 69.0 Å². The summed E-state index contributed by atoms with van der Waals surface area (Å²) in [5.41, 5.74) is 4.08. The molecule has 3 rings (SSSR count). The van der Waals surface area contributed by atoms with Crippen molar-refractivity contribution in [3.63, 3.8) is 0 Å². The van der Waals surface area contributed by atoms with Gasteiger partial charge in [0.15, 0.2) is 11.0 Å². The smallest absolute Gasteiger partial charge is 0.234 e. The van der Waals surface area contributed by atoms with Crippen LogP contribution in [0.5, 0.6) is 5.75 Å². The Morgan fingerprint density at radius 3 is 2.67 bits per heavy atom. The fraction of sp³-hybridized carbons (Fsp3) is 0.318. The van der Waals surface area contributed by atoms with Crippen molar-refractivity contribution in [2.24, 2.45) is 0 Å². The quantitative estimate of drug-likeness (QED) is 0.435. The van der Waals surface area contributed by atoms with Gasteiger partial charge in [-0.2, -0.15) is 0 Å². The molecule has 0 saturated carbocycles. The Morgan fingerprint density at radius 2 is 1.93 bits per heavy atom. The van der Waals surface area contributed by atoms with Crippen molar-refractivity contribution in [2.45, 2.75) is 46.0 Å². The van der Waals surface area contributed by atoms with Gasteiger partial charge in [0.1, 0.15) is 12.4 Å². The van der Waals surface area contributed by atoms with Gasteiger partial charge in [0.2, 0.25) is 5.91 Å². The molecule has 158 valence electrons. The lowest BCUT2D eigenvalue weighted by Crippen LogP contribution is -2.15. The third kappa shape index (κ3) is 5.64. The zero-order chi connectivity index (χ0) is 21.7. The van der Waals surface area contributed by atoms with Crippen molar-refractivity contribution in [3.05, 3.63) is 63.4 Å². The lowest BCUT2D eigenvalue weighted by atomic mass is 10.1. The van der Waals surface area contributed by atoms with Crippen molar-refractivity contribution in [1.82, 2.24) is 14.8 Å². The first-order valence-electron chi connectivity index (χ1n) is 9.68. The molecule has 0 aliphatic heterocycles. The van der Waals surface area contributed by atoms with E-state index in [9.17, 15) is 4.79 Å². The van der Waals surface area contributed by atoms with Crippen LogP contribution in [-0.4, -0.2) is 26.4 Å². The number of thioether (sulfide) groups is 1. The number of aryl methyl sites for hydroxylation is 3. The molecule has 0 aliphatic rings. The molecule has 1 N–H and O–H groups in total. The number of hydrogen-bond donors (Lipinski definition) is 1. The van der Waals surface area contributed by atoms with Crippen molar-refractivity contribution in [1.29, 1.82) is 0 Å². The molecule has 0 fully saturated rings. The lowest BCUT2D eigenvalue weighted by Gasteiger charge is -2.11. The number of carbonyl (C=O) groups is 1. The number of amides is 1. The highest BCUT2D eigenvalue weighted by Crippen LogP contribution is 2.23. The van der Waals surface area contributed by atoms with E-state index in [2.05, 4.69) is 37.5 Å². The van der Waals surface area contributed by atoms with E-state index in [4.69, 9.17) is 4.74 Å². The largest absolute Gasteiger partial charge is 0.485 e. The number of ether oxygens (including phenoxy) is 1. The third-order valence-corrected chi connectivity index (χ3v) is 6.44. The van der Waals surface area contributed by atoms with Crippen LogP contribution >= 0.6 is 27.7 Å². The van der Waals surface area contributed by atoms with Crippen molar-refractivity contribution in [2.75, 3.05) is 11.1 Å². The van der Waals surface area contributed by atoms with Gasteiger partial charge in [-0.15, -0.1) is 10.2 Å². The summed E-state index contributed by atoms with van der Waals surface area (Å²) in [6.07, 6.45) is 0. The van der Waals surface area contributed by atoms with E-state index in [1.54, 1.807) is 0 Å². The number of rotatable bonds is 8. The number of hydrogen-bond acceptors (Lipinski definition) is 5. The Morgan fingerprint density at radius 1 is 1.13 bits per heavy atom. The molecule has 2 aromatic carbocycles. The van der Waals surface area contributed by atoms with Gasteiger partial charge in [-0.05, 0) is 68.7 Å². The average molecular weight is 489 g/mol. The summed E-state index contributed by atoms with van der Waals surface area (Å²) in [7, 11) is 0. The Kier molecular flexibility index (Phi) is 7.55. The highest BCUT2D eigenvalue weighted by molar-refractivity contribution is 9.10. The molecule has 0 bridgehead atoms. The zero-order valence-electron chi connectivity index (χ0n) is 17.5. The Balaban J connectivity index is 1.60. The number of carbonyl (C=O) groups excluding carboxylic acids is 1. The molecule has 0 radical (unpaired) electrons. The summed E-state index contributed by atoms with van der Waals surface area (Å²) in [5, 5.41) is 12.1. The van der Waals surface area contributed by atoms with Crippen LogP contribution in [-0.2, 0) is 17.9 Å². The van der Waals surface area contributed by atoms with Crippen LogP contribution in [0.25, 0.3) is 0 Å². The molecule has 1 heterocycles. The van der Waals surface area contributed by atoms with Crippen LogP contribution in [0.15, 0.2) is 46.0 Å². The minimum Gasteiger partial charge on any atom is -0.485 e. The molecule has 6 nitrogen and oxygen atoms in total. The number of aromatic nitrogens is 3. The third-order valence-electron chi connectivity index (χ3n) is 4.58. The predicted octanol–water partition coefficient (Wildman–Crippen LogP) is 5.30. The SMILES string of the molecule is CCn1c(COc2cc(C)ccc2C)nnc1SCC(=O)Nc1ccc(Br)c(C)c1. The summed E-state index contributed by atoms with van der Waals surface area (Å²) in [4.78, 5) is 12.3. The minimum absolute atomic E-state index is 0.0828. The second-order valence-corrected chi connectivity index (χ2v) is 8.80. The lowest BCUT2D eigenvalue weighted by molar-refractivity contribution is -0.113. The number of anilines is 1. The minimum atomic E-state index is -0.0828. The van der Waals surface area contributed by atoms with Gasteiger partial charge < -0.3 is 14.6 Å². The molecular formula is C22H25BrN4O2S. The molecule has 0 saturated heterocycles. The van der Waals surface area contributed by atoms with E-state index >= 15 is 0 Å². The Bertz CT molecular complexity index is 1050. The van der Waals surface area contributed by atoms with Gasteiger partial charge in [-0.3, -0.25) is 4.79 Å². The van der Waals surface area contributed by atoms with Gasteiger partial charge in [0.25, 0.3) is 0 Å². The molecule has 3 aromatic rings. The summed E-state index contributed by atoms with van der Waals surface area (Å²) in [5.74, 6) is 1.76. The van der Waals surface area contributed by atoms with Crippen LogP contribution in [0.4, 0.5) is 5.69 Å². The number of halogens is 1. The maximum absolute atomic E-state index is 12.3. The maximum Gasteiger partial charge on any atom is 0.234 e. The van der Waals surface area contributed by atoms with E-state index in [1.165, 1.54) is 11.8 Å². The first-order valence-corrected chi connectivity index (χ1v) is 11.5. The molecule has 0 atom stereocenters. The van der Waals surface area contributed by atoms with E-state index in [0.717, 1.165) is 38.4 Å². The van der Waals surface area contributed by atoms with Gasteiger partial charge in [-0.25, -0.2) is 0 Å². The monoisotopic (exact) mass is 488 g/mol. The van der Waals surface area contributed by atoms with Gasteiger partial charge >= 0.3 is 0 Å². The summed E-state index contributed by atoms with van der Waals surface area (Å²) < 4.78 is 8.96. The highest BCUT2D eigenvalue weighted by Gasteiger charge is 2.14. The van der Waals surface area contributed by atoms with Crippen LogP contribution in [0.1, 0.15) is 29.4 Å². The van der Waals surface area contributed by atoms with Crippen molar-refractivity contribution >= 4 is 39.3 Å². The van der Waals surface area contributed by atoms with Crippen LogP contribution in [0.2, 0.25) is 0 Å². The molecule has 0 unspecified atom stereocenters. The van der Waals surface area contributed by atoms with E-state index in [0.29, 0.717) is 18.3 Å². The van der Waals surface area contributed by atoms with Crippen LogP contribution in [0.3, 0.4) is 0 Å². The summed E-state index contributed by atoms with van der Waals surface area (Å²) in [6, 6.07) is 11.9. The Labute approximate surface area is 189 Å². The molecule has 0 spiro atoms. The number of benzene rings is 2. The average Bonchev–Trinajstić information content (AvgIpc) is 3.11. The van der Waals surface area contributed by atoms with Crippen LogP contribution in [0, 0.1) is 20.8 Å². The molecule has 1 aromatic heterocycles. The first kappa shape index (κ1) is 22.4. The molecular weight excluding hydrogens is 464 g/mol. The Hall–Kier alpha value is -2.32. The number of nitrogens with one attached hydrogen (secondary N) is 1. The van der Waals surface area contributed by atoms with Gasteiger partial charge in [0.05, 0.1) is 5.75 Å². The van der Waals surface area contributed by atoms with E-state index in [-0.39, 0.29) is 11.7 Å². The van der Waals surface area contributed by atoms with Gasteiger partial charge in [0, 0.05) is 16.7 Å². The van der Waals surface area contributed by atoms with Crippen molar-refractivity contribution in [3.8, 4) is 5.75 Å². The molecule has 8 heteroatoms. The second kappa shape index (κ2) is 10.1. The predicted molar refractivity (Wildman–Crippen MR) is 124 cm³/mol. The van der Waals surface area contributed by atoms with Crippen LogP contribution < -0.4 is 10.1 Å². The fourth-order valence-corrected chi connectivity index (χ4v) is 3.97. The zero-order valence-corrected chi connectivity index (χ0v) is 19.9. The molecule has 30 heavy (non-hydrogen) atoms. The molecule has 0 aliphatic carbocycles. The maximum atomic E-state index is 12.3. The summed E-state index contributed by atoms with van der Waals surface area (Å²) >= 11 is 4.83. The number of nitrogens with zero attached hydrogens (tertiary/aromatic N) is 3. The van der Waals surface area contributed by atoms with Crippen molar-refractivity contribution < 1.29 is 9.53 Å². The van der Waals surface area contributed by atoms with Gasteiger partial charge in [-0.1, -0.05) is 39.8 Å². The molecule has 1 amide bonds. The second-order valence-electron chi connectivity index (χ2n) is 7.00. The first-order chi connectivity index (χ1) is 14.4. The normalized spacial score (nSPS) is 10.8. The van der Waals surface area contributed by atoms with E-state index in [1.807, 2.05) is 62.6 Å².